The van der Waals surface area contributed by atoms with Crippen LogP contribution in [0.4, 0.5) is 11.5 Å². The number of aromatic nitrogens is 1. The SMILES string of the molecule is COc1cccc(Nc2cc3ccccc3oc2=O)n1. The summed E-state index contributed by atoms with van der Waals surface area (Å²) in [5.74, 6) is 0.993. The molecule has 0 radical (unpaired) electrons. The highest BCUT2D eigenvalue weighted by Gasteiger charge is 2.06. The van der Waals surface area contributed by atoms with Gasteiger partial charge in [0.05, 0.1) is 7.11 Å². The molecule has 0 fully saturated rings. The van der Waals surface area contributed by atoms with E-state index in [-0.39, 0.29) is 0 Å². The highest BCUT2D eigenvalue weighted by Crippen LogP contribution is 2.19. The van der Waals surface area contributed by atoms with E-state index < -0.39 is 5.63 Å². The molecule has 0 spiro atoms. The molecule has 2 heterocycles. The van der Waals surface area contributed by atoms with Gasteiger partial charge in [0.2, 0.25) is 5.88 Å². The van der Waals surface area contributed by atoms with Crippen LogP contribution < -0.4 is 15.7 Å². The molecule has 0 aliphatic carbocycles. The van der Waals surface area contributed by atoms with E-state index in [1.54, 1.807) is 30.3 Å². The van der Waals surface area contributed by atoms with Crippen molar-refractivity contribution in [3.05, 3.63) is 59.0 Å². The standard InChI is InChI=1S/C15H12N2O3/c1-19-14-8-4-7-13(17-14)16-11-9-10-5-2-3-6-12(10)20-15(11)18/h2-9H,1H3,(H,16,17). The van der Waals surface area contributed by atoms with Crippen molar-refractivity contribution < 1.29 is 9.15 Å². The molecule has 1 N–H and O–H groups in total. The number of fused-ring (bicyclic) bond motifs is 1. The summed E-state index contributed by atoms with van der Waals surface area (Å²) in [5.41, 5.74) is 0.458. The maximum Gasteiger partial charge on any atom is 0.360 e. The summed E-state index contributed by atoms with van der Waals surface area (Å²) < 4.78 is 10.3. The summed E-state index contributed by atoms with van der Waals surface area (Å²) in [7, 11) is 1.54. The molecule has 3 rings (SSSR count). The highest BCUT2D eigenvalue weighted by atomic mass is 16.5. The van der Waals surface area contributed by atoms with E-state index in [0.29, 0.717) is 23.0 Å². The second kappa shape index (κ2) is 5.05. The van der Waals surface area contributed by atoms with Crippen molar-refractivity contribution >= 4 is 22.5 Å². The van der Waals surface area contributed by atoms with Gasteiger partial charge in [0, 0.05) is 11.5 Å². The Labute approximate surface area is 114 Å². The molecule has 20 heavy (non-hydrogen) atoms. The molecule has 0 atom stereocenters. The van der Waals surface area contributed by atoms with Crippen LogP contribution in [0.15, 0.2) is 57.7 Å². The summed E-state index contributed by atoms with van der Waals surface area (Å²) in [6.45, 7) is 0. The Kier molecular flexibility index (Phi) is 3.09. The highest BCUT2D eigenvalue weighted by molar-refractivity contribution is 5.80. The largest absolute Gasteiger partial charge is 0.481 e. The minimum Gasteiger partial charge on any atom is -0.481 e. The van der Waals surface area contributed by atoms with Gasteiger partial charge in [0.25, 0.3) is 0 Å². The van der Waals surface area contributed by atoms with Gasteiger partial charge >= 0.3 is 5.63 Å². The number of rotatable bonds is 3. The zero-order chi connectivity index (χ0) is 13.9. The van der Waals surface area contributed by atoms with Crippen LogP contribution in [0.25, 0.3) is 11.0 Å². The molecule has 5 nitrogen and oxygen atoms in total. The van der Waals surface area contributed by atoms with E-state index in [2.05, 4.69) is 10.3 Å². The van der Waals surface area contributed by atoms with Gasteiger partial charge < -0.3 is 14.5 Å². The van der Waals surface area contributed by atoms with Crippen molar-refractivity contribution in [1.29, 1.82) is 0 Å². The third-order valence-electron chi connectivity index (χ3n) is 2.84. The van der Waals surface area contributed by atoms with Crippen molar-refractivity contribution in [3.8, 4) is 5.88 Å². The number of anilines is 2. The molecule has 1 aromatic carbocycles. The monoisotopic (exact) mass is 268 g/mol. The second-order valence-corrected chi connectivity index (χ2v) is 4.18. The molecule has 0 unspecified atom stereocenters. The lowest BCUT2D eigenvalue weighted by Gasteiger charge is -2.06. The Bertz CT molecular complexity index is 811. The Balaban J connectivity index is 2.01. The Morgan fingerprint density at radius 2 is 2.00 bits per heavy atom. The van der Waals surface area contributed by atoms with Crippen molar-refractivity contribution in [3.63, 3.8) is 0 Å². The maximum absolute atomic E-state index is 11.9. The molecular weight excluding hydrogens is 256 g/mol. The fraction of sp³-hybridized carbons (Fsp3) is 0.0667. The van der Waals surface area contributed by atoms with Gasteiger partial charge in [-0.15, -0.1) is 0 Å². The topological polar surface area (TPSA) is 64.4 Å². The number of methoxy groups -OCH3 is 1. The van der Waals surface area contributed by atoms with Crippen LogP contribution in [0, 0.1) is 0 Å². The summed E-state index contributed by atoms with van der Waals surface area (Å²) >= 11 is 0. The van der Waals surface area contributed by atoms with Crippen LogP contribution >= 0.6 is 0 Å². The third-order valence-corrected chi connectivity index (χ3v) is 2.84. The number of nitrogens with one attached hydrogen (secondary N) is 1. The molecule has 0 aliphatic rings. The van der Waals surface area contributed by atoms with Gasteiger partial charge in [-0.25, -0.2) is 4.79 Å². The minimum atomic E-state index is -0.437. The van der Waals surface area contributed by atoms with Gasteiger partial charge in [-0.2, -0.15) is 4.98 Å². The minimum absolute atomic E-state index is 0.337. The van der Waals surface area contributed by atoms with E-state index in [9.17, 15) is 4.79 Å². The van der Waals surface area contributed by atoms with Gasteiger partial charge in [0.1, 0.15) is 17.1 Å². The van der Waals surface area contributed by atoms with Crippen molar-refractivity contribution in [2.75, 3.05) is 12.4 Å². The summed E-state index contributed by atoms with van der Waals surface area (Å²) in [6, 6.07) is 14.3. The predicted molar refractivity (Wildman–Crippen MR) is 76.6 cm³/mol. The van der Waals surface area contributed by atoms with E-state index in [1.165, 1.54) is 7.11 Å². The smallest absolute Gasteiger partial charge is 0.360 e. The van der Waals surface area contributed by atoms with E-state index in [4.69, 9.17) is 9.15 Å². The number of nitrogens with zero attached hydrogens (tertiary/aromatic N) is 1. The van der Waals surface area contributed by atoms with Crippen molar-refractivity contribution in [1.82, 2.24) is 4.98 Å². The Hall–Kier alpha value is -2.82. The summed E-state index contributed by atoms with van der Waals surface area (Å²) in [5, 5.41) is 3.79. The van der Waals surface area contributed by atoms with Crippen LogP contribution in [0.5, 0.6) is 5.88 Å². The fourth-order valence-corrected chi connectivity index (χ4v) is 1.89. The molecule has 0 aliphatic heterocycles. The fourth-order valence-electron chi connectivity index (χ4n) is 1.89. The van der Waals surface area contributed by atoms with Gasteiger partial charge in [-0.1, -0.05) is 24.3 Å². The molecule has 3 aromatic rings. The van der Waals surface area contributed by atoms with Crippen LogP contribution in [0.3, 0.4) is 0 Å². The second-order valence-electron chi connectivity index (χ2n) is 4.18. The maximum atomic E-state index is 11.9. The summed E-state index contributed by atoms with van der Waals surface area (Å²) in [6.07, 6.45) is 0. The molecule has 0 saturated carbocycles. The first-order valence-electron chi connectivity index (χ1n) is 6.07. The zero-order valence-electron chi connectivity index (χ0n) is 10.8. The third kappa shape index (κ3) is 2.33. The first kappa shape index (κ1) is 12.2. The van der Waals surface area contributed by atoms with Crippen molar-refractivity contribution in [2.24, 2.45) is 0 Å². The van der Waals surface area contributed by atoms with Crippen LogP contribution in [0.2, 0.25) is 0 Å². The molecule has 100 valence electrons. The normalized spacial score (nSPS) is 10.4. The number of pyridine rings is 1. The Morgan fingerprint density at radius 3 is 2.85 bits per heavy atom. The Morgan fingerprint density at radius 1 is 1.15 bits per heavy atom. The number of para-hydroxylation sites is 1. The summed E-state index contributed by atoms with van der Waals surface area (Å²) in [4.78, 5) is 16.1. The number of hydrogen-bond donors (Lipinski definition) is 1. The predicted octanol–water partition coefficient (Wildman–Crippen LogP) is 2.94. The van der Waals surface area contributed by atoms with Crippen LogP contribution in [0.1, 0.15) is 0 Å². The van der Waals surface area contributed by atoms with E-state index in [1.807, 2.05) is 18.2 Å². The van der Waals surface area contributed by atoms with Crippen molar-refractivity contribution in [2.45, 2.75) is 0 Å². The number of ether oxygens (including phenoxy) is 1. The van der Waals surface area contributed by atoms with Crippen LogP contribution in [-0.2, 0) is 0 Å². The average molecular weight is 268 g/mol. The van der Waals surface area contributed by atoms with E-state index in [0.717, 1.165) is 5.39 Å². The molecule has 0 amide bonds. The molecule has 0 saturated heterocycles. The zero-order valence-corrected chi connectivity index (χ0v) is 10.8. The first-order chi connectivity index (χ1) is 9.76. The number of hydrogen-bond acceptors (Lipinski definition) is 5. The average Bonchev–Trinajstić information content (AvgIpc) is 2.48. The lowest BCUT2D eigenvalue weighted by atomic mass is 10.2. The molecule has 5 heteroatoms. The lowest BCUT2D eigenvalue weighted by molar-refractivity contribution is 0.398. The first-order valence-corrected chi connectivity index (χ1v) is 6.07. The lowest BCUT2D eigenvalue weighted by Crippen LogP contribution is -2.07. The van der Waals surface area contributed by atoms with Crippen LogP contribution in [-0.4, -0.2) is 12.1 Å². The quantitative estimate of drug-likeness (QED) is 0.740. The van der Waals surface area contributed by atoms with Gasteiger partial charge in [-0.3, -0.25) is 0 Å². The van der Waals surface area contributed by atoms with Gasteiger partial charge in [0.15, 0.2) is 0 Å². The van der Waals surface area contributed by atoms with E-state index >= 15 is 0 Å². The molecule has 0 bridgehead atoms. The molecular formula is C15H12N2O3. The molecule has 2 aromatic heterocycles. The van der Waals surface area contributed by atoms with Gasteiger partial charge in [-0.05, 0) is 18.2 Å². The number of benzene rings is 1.